The highest BCUT2D eigenvalue weighted by Gasteiger charge is 2.42. The molecule has 0 radical (unpaired) electrons. The summed E-state index contributed by atoms with van der Waals surface area (Å²) in [6.45, 7) is 5.85. The first-order valence-corrected chi connectivity index (χ1v) is 8.14. The zero-order valence-electron chi connectivity index (χ0n) is 13.1. The van der Waals surface area contributed by atoms with E-state index in [0.717, 1.165) is 19.4 Å². The lowest BCUT2D eigenvalue weighted by molar-refractivity contribution is -0.186. The van der Waals surface area contributed by atoms with Crippen LogP contribution < -0.4 is 5.32 Å². The number of hydrogen-bond donors (Lipinski definition) is 1. The Kier molecular flexibility index (Phi) is 4.57. The molecule has 4 heteroatoms. The molecule has 1 saturated heterocycles. The van der Waals surface area contributed by atoms with Gasteiger partial charge >= 0.3 is 0 Å². The third-order valence-electron chi connectivity index (χ3n) is 4.73. The molecular formula is C17H26N2O2. The van der Waals surface area contributed by atoms with Gasteiger partial charge in [-0.1, -0.05) is 6.42 Å². The van der Waals surface area contributed by atoms with Crippen LogP contribution in [0.15, 0.2) is 18.5 Å². The summed E-state index contributed by atoms with van der Waals surface area (Å²) >= 11 is 0. The highest BCUT2D eigenvalue weighted by molar-refractivity contribution is 5.24. The predicted octanol–water partition coefficient (Wildman–Crippen LogP) is 3.12. The fourth-order valence-corrected chi connectivity index (χ4v) is 3.42. The van der Waals surface area contributed by atoms with Gasteiger partial charge < -0.3 is 14.8 Å². The summed E-state index contributed by atoms with van der Waals surface area (Å²) in [5.74, 6) is -0.266. The van der Waals surface area contributed by atoms with Crippen molar-refractivity contribution in [3.63, 3.8) is 0 Å². The van der Waals surface area contributed by atoms with Gasteiger partial charge in [0.1, 0.15) is 0 Å². The van der Waals surface area contributed by atoms with Crippen LogP contribution in [-0.2, 0) is 9.47 Å². The van der Waals surface area contributed by atoms with E-state index in [9.17, 15) is 0 Å². The van der Waals surface area contributed by atoms with E-state index < -0.39 is 0 Å². The van der Waals surface area contributed by atoms with Crippen molar-refractivity contribution in [2.24, 2.45) is 0 Å². The Morgan fingerprint density at radius 3 is 2.95 bits per heavy atom. The van der Waals surface area contributed by atoms with Gasteiger partial charge in [-0.3, -0.25) is 4.98 Å². The van der Waals surface area contributed by atoms with Gasteiger partial charge in [0.2, 0.25) is 0 Å². The molecule has 1 saturated carbocycles. The van der Waals surface area contributed by atoms with Gasteiger partial charge in [-0.25, -0.2) is 0 Å². The molecule has 1 spiro atoms. The summed E-state index contributed by atoms with van der Waals surface area (Å²) in [6.07, 6.45) is 9.84. The van der Waals surface area contributed by atoms with Gasteiger partial charge in [0.05, 0.1) is 12.7 Å². The molecule has 4 nitrogen and oxygen atoms in total. The van der Waals surface area contributed by atoms with Crippen LogP contribution in [0.5, 0.6) is 0 Å². The van der Waals surface area contributed by atoms with E-state index in [0.29, 0.717) is 6.61 Å². The number of pyridine rings is 1. The highest BCUT2D eigenvalue weighted by atomic mass is 16.7. The number of aromatic nitrogens is 1. The Bertz CT molecular complexity index is 472. The van der Waals surface area contributed by atoms with E-state index >= 15 is 0 Å². The van der Waals surface area contributed by atoms with Gasteiger partial charge in [-0.15, -0.1) is 0 Å². The van der Waals surface area contributed by atoms with Crippen LogP contribution in [0.1, 0.15) is 56.2 Å². The molecule has 1 aromatic rings. The van der Waals surface area contributed by atoms with Crippen molar-refractivity contribution in [2.45, 2.75) is 63.9 Å². The molecule has 1 aromatic heterocycles. The van der Waals surface area contributed by atoms with E-state index in [2.05, 4.69) is 30.2 Å². The molecule has 0 unspecified atom stereocenters. The van der Waals surface area contributed by atoms with Crippen LogP contribution in [0.4, 0.5) is 0 Å². The largest absolute Gasteiger partial charge is 0.347 e. The summed E-state index contributed by atoms with van der Waals surface area (Å²) < 4.78 is 12.2. The van der Waals surface area contributed by atoms with E-state index in [1.807, 2.05) is 12.4 Å². The van der Waals surface area contributed by atoms with E-state index in [4.69, 9.17) is 9.47 Å². The molecule has 3 rings (SSSR count). The minimum absolute atomic E-state index is 0.169. The first-order valence-electron chi connectivity index (χ1n) is 8.14. The van der Waals surface area contributed by atoms with Crippen LogP contribution in [0.3, 0.4) is 0 Å². The van der Waals surface area contributed by atoms with E-state index in [-0.39, 0.29) is 17.9 Å². The SMILES string of the molecule is Cc1ccncc1[C@H](C)NC[C@@H]1COC2(CCCCC2)O1. The summed E-state index contributed by atoms with van der Waals surface area (Å²) in [5.41, 5.74) is 2.53. The van der Waals surface area contributed by atoms with Crippen molar-refractivity contribution in [3.8, 4) is 0 Å². The van der Waals surface area contributed by atoms with E-state index in [1.54, 1.807) is 0 Å². The molecule has 1 N–H and O–H groups in total. The lowest BCUT2D eigenvalue weighted by Gasteiger charge is -2.31. The summed E-state index contributed by atoms with van der Waals surface area (Å²) in [5, 5.41) is 3.56. The fraction of sp³-hybridized carbons (Fsp3) is 0.706. The first kappa shape index (κ1) is 14.9. The molecule has 2 aliphatic rings. The molecule has 1 aliphatic carbocycles. The third kappa shape index (κ3) is 3.44. The number of aryl methyl sites for hydroxylation is 1. The third-order valence-corrected chi connectivity index (χ3v) is 4.73. The topological polar surface area (TPSA) is 43.4 Å². The van der Waals surface area contributed by atoms with Crippen molar-refractivity contribution in [3.05, 3.63) is 29.6 Å². The lowest BCUT2D eigenvalue weighted by atomic mass is 9.94. The van der Waals surface area contributed by atoms with Gasteiger partial charge in [0.15, 0.2) is 5.79 Å². The first-order chi connectivity index (χ1) is 10.2. The number of nitrogens with zero attached hydrogens (tertiary/aromatic N) is 1. The maximum atomic E-state index is 6.21. The lowest BCUT2D eigenvalue weighted by Crippen LogP contribution is -2.36. The highest BCUT2D eigenvalue weighted by Crippen LogP contribution is 2.37. The molecule has 2 heterocycles. The molecule has 116 valence electrons. The maximum absolute atomic E-state index is 6.21. The fourth-order valence-electron chi connectivity index (χ4n) is 3.42. The average Bonchev–Trinajstić information content (AvgIpc) is 2.89. The second-order valence-electron chi connectivity index (χ2n) is 6.38. The summed E-state index contributed by atoms with van der Waals surface area (Å²) in [6, 6.07) is 2.34. The van der Waals surface area contributed by atoms with Gasteiger partial charge in [0.25, 0.3) is 0 Å². The normalized spacial score (nSPS) is 26.1. The van der Waals surface area contributed by atoms with Crippen LogP contribution in [0.25, 0.3) is 0 Å². The van der Waals surface area contributed by atoms with Crippen LogP contribution in [0, 0.1) is 6.92 Å². The van der Waals surface area contributed by atoms with Crippen LogP contribution in [0.2, 0.25) is 0 Å². The summed E-state index contributed by atoms with van der Waals surface area (Å²) in [7, 11) is 0. The molecule has 0 bridgehead atoms. The number of nitrogens with one attached hydrogen (secondary N) is 1. The van der Waals surface area contributed by atoms with E-state index in [1.165, 1.54) is 30.4 Å². The Morgan fingerprint density at radius 1 is 1.38 bits per heavy atom. The quantitative estimate of drug-likeness (QED) is 0.925. The van der Waals surface area contributed by atoms with Crippen LogP contribution in [-0.4, -0.2) is 30.0 Å². The predicted molar refractivity (Wildman–Crippen MR) is 82.0 cm³/mol. The Hall–Kier alpha value is -0.970. The molecule has 0 aromatic carbocycles. The second kappa shape index (κ2) is 6.42. The standard InChI is InChI=1S/C17H26N2O2/c1-13-6-9-18-11-16(13)14(2)19-10-15-12-20-17(21-15)7-4-3-5-8-17/h6,9,11,14-15,19H,3-5,7-8,10,12H2,1-2H3/t14-,15+/m0/s1. The molecule has 2 fully saturated rings. The smallest absolute Gasteiger partial charge is 0.168 e. The summed E-state index contributed by atoms with van der Waals surface area (Å²) in [4.78, 5) is 4.22. The van der Waals surface area contributed by atoms with Crippen molar-refractivity contribution in [1.29, 1.82) is 0 Å². The zero-order chi connectivity index (χ0) is 14.7. The average molecular weight is 290 g/mol. The number of ether oxygens (including phenoxy) is 2. The second-order valence-corrected chi connectivity index (χ2v) is 6.38. The molecule has 21 heavy (non-hydrogen) atoms. The van der Waals surface area contributed by atoms with Gasteiger partial charge in [-0.2, -0.15) is 0 Å². The Balaban J connectivity index is 1.51. The van der Waals surface area contributed by atoms with Gasteiger partial charge in [-0.05, 0) is 43.9 Å². The molecule has 2 atom stereocenters. The molecular weight excluding hydrogens is 264 g/mol. The Morgan fingerprint density at radius 2 is 2.19 bits per heavy atom. The molecule has 0 amide bonds. The minimum Gasteiger partial charge on any atom is -0.347 e. The van der Waals surface area contributed by atoms with Crippen molar-refractivity contribution < 1.29 is 9.47 Å². The van der Waals surface area contributed by atoms with Crippen molar-refractivity contribution in [2.75, 3.05) is 13.2 Å². The Labute approximate surface area is 127 Å². The number of rotatable bonds is 4. The van der Waals surface area contributed by atoms with Crippen molar-refractivity contribution >= 4 is 0 Å². The van der Waals surface area contributed by atoms with Crippen molar-refractivity contribution in [1.82, 2.24) is 10.3 Å². The number of hydrogen-bond acceptors (Lipinski definition) is 4. The van der Waals surface area contributed by atoms with Gasteiger partial charge in [0, 0.05) is 37.8 Å². The molecule has 1 aliphatic heterocycles. The van der Waals surface area contributed by atoms with Crippen LogP contribution >= 0.6 is 0 Å². The zero-order valence-corrected chi connectivity index (χ0v) is 13.1. The maximum Gasteiger partial charge on any atom is 0.168 e. The minimum atomic E-state index is -0.266. The monoisotopic (exact) mass is 290 g/mol.